The fourth-order valence-electron chi connectivity index (χ4n) is 2.44. The second-order valence-corrected chi connectivity index (χ2v) is 5.66. The quantitative estimate of drug-likeness (QED) is 0.682. The molecule has 112 valence electrons. The van der Waals surface area contributed by atoms with Gasteiger partial charge >= 0.3 is 0 Å². The first kappa shape index (κ1) is 14.7. The number of halogens is 1. The normalized spacial score (nSPS) is 10.9. The molecule has 0 atom stereocenters. The van der Waals surface area contributed by atoms with E-state index < -0.39 is 0 Å². The minimum Gasteiger partial charge on any atom is -0.455 e. The third kappa shape index (κ3) is 2.85. The van der Waals surface area contributed by atoms with Gasteiger partial charge < -0.3 is 10.5 Å². The Morgan fingerprint density at radius 2 is 1.95 bits per heavy atom. The van der Waals surface area contributed by atoms with E-state index in [0.29, 0.717) is 16.5 Å². The summed E-state index contributed by atoms with van der Waals surface area (Å²) in [4.78, 5) is 4.49. The van der Waals surface area contributed by atoms with Crippen LogP contribution in [0.1, 0.15) is 18.2 Å². The number of benzene rings is 2. The number of nitrogens with zero attached hydrogens (tertiary/aromatic N) is 1. The lowest BCUT2D eigenvalue weighted by atomic mass is 10.1. The summed E-state index contributed by atoms with van der Waals surface area (Å²) in [6.45, 7) is 4.02. The third-order valence-electron chi connectivity index (χ3n) is 3.54. The number of pyridine rings is 1. The lowest BCUT2D eigenvalue weighted by Gasteiger charge is -2.13. The molecule has 1 heterocycles. The SMILES string of the molecule is CCc1cc(N)cc(Cl)c1Oc1ccc2nc(C)ccc2c1. The number of rotatable bonds is 3. The summed E-state index contributed by atoms with van der Waals surface area (Å²) < 4.78 is 6.01. The van der Waals surface area contributed by atoms with Gasteiger partial charge in [0.05, 0.1) is 10.5 Å². The second kappa shape index (κ2) is 5.85. The van der Waals surface area contributed by atoms with Crippen molar-refractivity contribution in [3.63, 3.8) is 0 Å². The maximum absolute atomic E-state index is 6.29. The Kier molecular flexibility index (Phi) is 3.90. The largest absolute Gasteiger partial charge is 0.455 e. The summed E-state index contributed by atoms with van der Waals surface area (Å²) in [5.74, 6) is 1.40. The lowest BCUT2D eigenvalue weighted by molar-refractivity contribution is 0.478. The molecule has 2 N–H and O–H groups in total. The first-order valence-electron chi connectivity index (χ1n) is 7.20. The van der Waals surface area contributed by atoms with Crippen molar-refractivity contribution in [2.24, 2.45) is 0 Å². The average Bonchev–Trinajstić information content (AvgIpc) is 2.49. The molecule has 0 amide bonds. The molecule has 0 fully saturated rings. The number of aryl methyl sites for hydroxylation is 2. The molecule has 0 spiro atoms. The monoisotopic (exact) mass is 312 g/mol. The smallest absolute Gasteiger partial charge is 0.149 e. The minimum atomic E-state index is 0.527. The topological polar surface area (TPSA) is 48.1 Å². The Morgan fingerprint density at radius 3 is 2.73 bits per heavy atom. The van der Waals surface area contributed by atoms with Crippen molar-refractivity contribution < 1.29 is 4.74 Å². The summed E-state index contributed by atoms with van der Waals surface area (Å²) in [5, 5.41) is 1.56. The van der Waals surface area contributed by atoms with E-state index in [1.807, 2.05) is 50.2 Å². The van der Waals surface area contributed by atoms with Crippen LogP contribution in [0.5, 0.6) is 11.5 Å². The van der Waals surface area contributed by atoms with Crippen LogP contribution >= 0.6 is 11.6 Å². The Labute approximate surface area is 134 Å². The van der Waals surface area contributed by atoms with Crippen LogP contribution in [-0.2, 0) is 6.42 Å². The third-order valence-corrected chi connectivity index (χ3v) is 3.82. The van der Waals surface area contributed by atoms with Crippen molar-refractivity contribution in [3.05, 3.63) is 58.7 Å². The lowest BCUT2D eigenvalue weighted by Crippen LogP contribution is -1.95. The van der Waals surface area contributed by atoms with Crippen LogP contribution in [0, 0.1) is 6.92 Å². The molecule has 3 nitrogen and oxygen atoms in total. The van der Waals surface area contributed by atoms with Gasteiger partial charge in [0, 0.05) is 16.8 Å². The van der Waals surface area contributed by atoms with Crippen molar-refractivity contribution in [1.82, 2.24) is 4.98 Å². The Balaban J connectivity index is 2.01. The molecular formula is C18H17ClN2O. The maximum atomic E-state index is 6.29. The Hall–Kier alpha value is -2.26. The molecule has 2 aromatic carbocycles. The molecule has 3 aromatic rings. The molecule has 0 aliphatic carbocycles. The summed E-state index contributed by atoms with van der Waals surface area (Å²) in [6, 6.07) is 13.5. The van der Waals surface area contributed by atoms with Crippen molar-refractivity contribution in [2.75, 3.05) is 5.73 Å². The highest BCUT2D eigenvalue weighted by Gasteiger charge is 2.11. The molecular weight excluding hydrogens is 296 g/mol. The highest BCUT2D eigenvalue weighted by molar-refractivity contribution is 6.32. The number of hydrogen-bond donors (Lipinski definition) is 1. The van der Waals surface area contributed by atoms with Gasteiger partial charge in [-0.2, -0.15) is 0 Å². The zero-order valence-electron chi connectivity index (χ0n) is 12.6. The van der Waals surface area contributed by atoms with Gasteiger partial charge in [-0.15, -0.1) is 0 Å². The van der Waals surface area contributed by atoms with Crippen molar-refractivity contribution in [2.45, 2.75) is 20.3 Å². The number of fused-ring (bicyclic) bond motifs is 1. The van der Waals surface area contributed by atoms with Gasteiger partial charge in [0.25, 0.3) is 0 Å². The highest BCUT2D eigenvalue weighted by Crippen LogP contribution is 2.36. The fourth-order valence-corrected chi connectivity index (χ4v) is 2.72. The standard InChI is InChI=1S/C18H17ClN2O/c1-3-12-8-14(20)10-16(19)18(12)22-15-6-7-17-13(9-15)5-4-11(2)21-17/h4-10H,3,20H2,1-2H3. The van der Waals surface area contributed by atoms with Crippen LogP contribution in [0.3, 0.4) is 0 Å². The molecule has 22 heavy (non-hydrogen) atoms. The van der Waals surface area contributed by atoms with E-state index in [1.165, 1.54) is 0 Å². The van der Waals surface area contributed by atoms with Crippen LogP contribution in [-0.4, -0.2) is 4.98 Å². The van der Waals surface area contributed by atoms with Crippen LogP contribution in [0.25, 0.3) is 10.9 Å². The van der Waals surface area contributed by atoms with E-state index in [-0.39, 0.29) is 0 Å². The predicted octanol–water partition coefficient (Wildman–Crippen LogP) is 5.13. The Morgan fingerprint density at radius 1 is 1.14 bits per heavy atom. The number of nitrogen functional groups attached to an aromatic ring is 1. The van der Waals surface area contributed by atoms with Gasteiger partial charge in [0.2, 0.25) is 0 Å². The number of ether oxygens (including phenoxy) is 1. The van der Waals surface area contributed by atoms with Gasteiger partial charge in [-0.25, -0.2) is 0 Å². The number of aromatic nitrogens is 1. The van der Waals surface area contributed by atoms with E-state index in [4.69, 9.17) is 22.1 Å². The van der Waals surface area contributed by atoms with Gasteiger partial charge in [0.1, 0.15) is 11.5 Å². The molecule has 0 aliphatic rings. The van der Waals surface area contributed by atoms with E-state index in [1.54, 1.807) is 6.07 Å². The number of hydrogen-bond acceptors (Lipinski definition) is 3. The molecule has 3 rings (SSSR count). The summed E-state index contributed by atoms with van der Waals surface area (Å²) in [5.41, 5.74) is 9.42. The summed E-state index contributed by atoms with van der Waals surface area (Å²) in [6.07, 6.45) is 0.800. The fraction of sp³-hybridized carbons (Fsp3) is 0.167. The minimum absolute atomic E-state index is 0.527. The van der Waals surface area contributed by atoms with Gasteiger partial charge in [-0.1, -0.05) is 24.6 Å². The van der Waals surface area contributed by atoms with Crippen molar-refractivity contribution >= 4 is 28.2 Å². The first-order valence-corrected chi connectivity index (χ1v) is 7.58. The maximum Gasteiger partial charge on any atom is 0.149 e. The van der Waals surface area contributed by atoms with Crippen LogP contribution in [0.4, 0.5) is 5.69 Å². The van der Waals surface area contributed by atoms with E-state index >= 15 is 0 Å². The van der Waals surface area contributed by atoms with Gasteiger partial charge in [-0.05, 0) is 55.3 Å². The second-order valence-electron chi connectivity index (χ2n) is 5.25. The van der Waals surface area contributed by atoms with Gasteiger partial charge in [-0.3, -0.25) is 4.98 Å². The molecule has 0 saturated heterocycles. The molecule has 0 radical (unpaired) electrons. The molecule has 0 bridgehead atoms. The van der Waals surface area contributed by atoms with Crippen LogP contribution in [0.2, 0.25) is 5.02 Å². The molecule has 1 aromatic heterocycles. The summed E-state index contributed by atoms with van der Waals surface area (Å²) >= 11 is 6.29. The number of nitrogens with two attached hydrogens (primary N) is 1. The Bertz CT molecular complexity index is 846. The average molecular weight is 313 g/mol. The first-order chi connectivity index (χ1) is 10.6. The molecule has 0 saturated carbocycles. The van der Waals surface area contributed by atoms with E-state index in [0.717, 1.165) is 34.3 Å². The number of anilines is 1. The van der Waals surface area contributed by atoms with Crippen molar-refractivity contribution in [1.29, 1.82) is 0 Å². The summed E-state index contributed by atoms with van der Waals surface area (Å²) in [7, 11) is 0. The molecule has 4 heteroatoms. The zero-order chi connectivity index (χ0) is 15.7. The van der Waals surface area contributed by atoms with Crippen LogP contribution in [0.15, 0.2) is 42.5 Å². The van der Waals surface area contributed by atoms with E-state index in [2.05, 4.69) is 4.98 Å². The molecule has 0 aliphatic heterocycles. The predicted molar refractivity (Wildman–Crippen MR) is 91.8 cm³/mol. The molecule has 0 unspecified atom stereocenters. The van der Waals surface area contributed by atoms with Gasteiger partial charge in [0.15, 0.2) is 0 Å². The zero-order valence-corrected chi connectivity index (χ0v) is 13.3. The highest BCUT2D eigenvalue weighted by atomic mass is 35.5. The van der Waals surface area contributed by atoms with E-state index in [9.17, 15) is 0 Å². The van der Waals surface area contributed by atoms with Crippen LogP contribution < -0.4 is 10.5 Å². The van der Waals surface area contributed by atoms with Crippen molar-refractivity contribution in [3.8, 4) is 11.5 Å².